The number of rotatable bonds is 2. The number of hydrogen-bond acceptors (Lipinski definition) is 6. The van der Waals surface area contributed by atoms with E-state index in [-0.39, 0.29) is 36.3 Å². The molecule has 0 saturated carbocycles. The van der Waals surface area contributed by atoms with Crippen LogP contribution in [-0.4, -0.2) is 40.1 Å². The lowest BCUT2D eigenvalue weighted by Crippen LogP contribution is -3.00. The van der Waals surface area contributed by atoms with Crippen LogP contribution in [0.1, 0.15) is 0 Å². The van der Waals surface area contributed by atoms with Crippen molar-refractivity contribution in [2.75, 3.05) is 6.61 Å². The van der Waals surface area contributed by atoms with Crippen LogP contribution < -0.4 is 41.4 Å². The van der Waals surface area contributed by atoms with Gasteiger partial charge in [-0.05, 0) is 0 Å². The first-order valence-electron chi connectivity index (χ1n) is 3.18. The molecule has 0 spiro atoms. The fourth-order valence-electron chi connectivity index (χ4n) is 0.815. The topological polar surface area (TPSA) is 183 Å². The first-order chi connectivity index (χ1) is 5.57. The summed E-state index contributed by atoms with van der Waals surface area (Å²) in [5.74, 6) is -3.25. The van der Waals surface area contributed by atoms with Gasteiger partial charge in [0.2, 0.25) is 0 Å². The summed E-state index contributed by atoms with van der Waals surface area (Å²) in [5.41, 5.74) is 0. The molecule has 0 aromatic carbocycles. The van der Waals surface area contributed by atoms with Gasteiger partial charge in [0, 0.05) is 5.76 Å². The molecule has 0 aromatic heterocycles. The minimum absolute atomic E-state index is 0. The van der Waals surface area contributed by atoms with Crippen molar-refractivity contribution >= 4 is 5.97 Å². The molecule has 2 atom stereocenters. The van der Waals surface area contributed by atoms with Crippen LogP contribution >= 0.6 is 0 Å². The van der Waals surface area contributed by atoms with Gasteiger partial charge in [0.15, 0.2) is 6.10 Å². The summed E-state index contributed by atoms with van der Waals surface area (Å²) in [4.78, 5) is 10.5. The Morgan fingerprint density at radius 3 is 2.20 bits per heavy atom. The monoisotopic (exact) mass is 338 g/mol. The van der Waals surface area contributed by atoms with E-state index < -0.39 is 36.3 Å². The van der Waals surface area contributed by atoms with Crippen LogP contribution in [0.2, 0.25) is 0 Å². The maximum absolute atomic E-state index is 10.6. The normalized spacial score (nSPS) is 20.7. The Morgan fingerprint density at radius 1 is 1.47 bits per heavy atom. The van der Waals surface area contributed by atoms with E-state index >= 15 is 0 Å². The largest absolute Gasteiger partial charge is 1.00 e. The third-order valence-corrected chi connectivity index (χ3v) is 1.46. The summed E-state index contributed by atoms with van der Waals surface area (Å²) in [7, 11) is 0. The summed E-state index contributed by atoms with van der Waals surface area (Å²) in [6.07, 6.45) is -2.88. The van der Waals surface area contributed by atoms with Gasteiger partial charge in [0.05, 0.1) is 6.61 Å². The minimum Gasteiger partial charge on any atom is -1.00 e. The van der Waals surface area contributed by atoms with E-state index in [1.807, 2.05) is 0 Å². The molecule has 11 N–H and O–H groups in total. The molecule has 0 aromatic rings. The van der Waals surface area contributed by atoms with Crippen LogP contribution in [0.5, 0.6) is 0 Å². The van der Waals surface area contributed by atoms with Gasteiger partial charge >= 0.3 is 5.97 Å². The molecule has 9 heteroatoms. The first kappa shape index (κ1) is 19.9. The lowest BCUT2D eigenvalue weighted by molar-refractivity contribution is -0.303. The highest BCUT2D eigenvalue weighted by Crippen LogP contribution is 2.19. The molecule has 0 amide bonds. The minimum atomic E-state index is -1.46. The molecule has 1 heterocycles. The Hall–Kier alpha value is -0.620. The highest BCUT2D eigenvalue weighted by Gasteiger charge is 2.34. The molecule has 0 aliphatic carbocycles. The van der Waals surface area contributed by atoms with E-state index in [0.717, 1.165) is 0 Å². The molecule has 1 aliphatic rings. The number of carbonyl (C=O) groups is 1. The summed E-state index contributed by atoms with van der Waals surface area (Å²) in [6, 6.07) is 0. The third-order valence-electron chi connectivity index (χ3n) is 1.46. The van der Waals surface area contributed by atoms with Crippen LogP contribution in [-0.2, 0) is 9.53 Å². The summed E-state index contributed by atoms with van der Waals surface area (Å²) < 4.78 is 4.25. The lowest BCUT2D eigenvalue weighted by atomic mass is 10.2. The van der Waals surface area contributed by atoms with Gasteiger partial charge in [-0.15, -0.1) is 0 Å². The fraction of sp³-hybridized carbons (Fsp3) is 0.500. The Morgan fingerprint density at radius 2 is 1.93 bits per heavy atom. The zero-order valence-electron chi connectivity index (χ0n) is 8.31. The third kappa shape index (κ3) is 3.79. The molecule has 15 heavy (non-hydrogen) atoms. The zero-order chi connectivity index (χ0) is 9.30. The second kappa shape index (κ2) is 7.64. The van der Waals surface area contributed by atoms with E-state index in [1.165, 1.54) is 0 Å². The number of esters is 1. The maximum atomic E-state index is 10.6. The highest BCUT2D eigenvalue weighted by molar-refractivity contribution is 5.88. The molecule has 0 unspecified atom stereocenters. The molecule has 1 aliphatic heterocycles. The highest BCUT2D eigenvalue weighted by atomic mass is 127. The summed E-state index contributed by atoms with van der Waals surface area (Å²) in [6.45, 7) is -0.699. The predicted molar refractivity (Wildman–Crippen MR) is 44.6 cm³/mol. The second-order valence-electron chi connectivity index (χ2n) is 2.29. The van der Waals surface area contributed by atoms with Crippen LogP contribution in [0.3, 0.4) is 0 Å². The van der Waals surface area contributed by atoms with E-state index in [1.54, 1.807) is 0 Å². The number of aliphatic hydroxyl groups is 3. The van der Waals surface area contributed by atoms with Crippen LogP contribution in [0, 0.1) is 0 Å². The number of carbonyl (C=O) groups excluding carboxylic acids is 1. The van der Waals surface area contributed by atoms with Gasteiger partial charge < -0.3 is 61.4 Å². The van der Waals surface area contributed by atoms with Gasteiger partial charge in [-0.3, -0.25) is 0 Å². The van der Waals surface area contributed by atoms with E-state index in [2.05, 4.69) is 4.74 Å². The SMILES string of the molecule is O=C1O[C@H]([C@@H](O)CO)C(O)=C1[O-].[I-].[NH4+].[NH4+]. The van der Waals surface area contributed by atoms with E-state index in [4.69, 9.17) is 15.3 Å². The van der Waals surface area contributed by atoms with Crippen molar-refractivity contribution in [3.05, 3.63) is 11.5 Å². The lowest BCUT2D eigenvalue weighted by Gasteiger charge is -2.14. The number of cyclic esters (lactones) is 1. The Kier molecular flexibility index (Phi) is 10.1. The average molecular weight is 338 g/mol. The van der Waals surface area contributed by atoms with E-state index in [0.29, 0.717) is 0 Å². The molecular formula is C6H15IN2O6. The second-order valence-corrected chi connectivity index (χ2v) is 2.29. The van der Waals surface area contributed by atoms with Crippen molar-refractivity contribution in [1.29, 1.82) is 0 Å². The van der Waals surface area contributed by atoms with Gasteiger partial charge in [0.25, 0.3) is 0 Å². The Balaban J connectivity index is -0.000000480. The smallest absolute Gasteiger partial charge is 0.327 e. The van der Waals surface area contributed by atoms with Crippen molar-refractivity contribution in [3.63, 3.8) is 0 Å². The summed E-state index contributed by atoms with van der Waals surface area (Å²) in [5, 5.41) is 36.8. The molecule has 0 saturated heterocycles. The maximum Gasteiger partial charge on any atom is 0.327 e. The standard InChI is InChI=1S/C6H8O6.HI.2H3N/c7-1-2(8)5-3(9)4(10)6(11)12-5;;;/h2,5,7-10H,1H2;1H;2*1H3/t2-,5+;;;/m0.../s1. The van der Waals surface area contributed by atoms with Gasteiger partial charge in [-0.25, -0.2) is 4.79 Å². The number of ether oxygens (including phenoxy) is 1. The molecule has 0 fully saturated rings. The summed E-state index contributed by atoms with van der Waals surface area (Å²) >= 11 is 0. The number of hydrogen-bond donors (Lipinski definition) is 5. The molecule has 0 bridgehead atoms. The van der Waals surface area contributed by atoms with Crippen molar-refractivity contribution in [2.24, 2.45) is 0 Å². The fourth-order valence-corrected chi connectivity index (χ4v) is 0.815. The number of quaternary nitrogens is 2. The van der Waals surface area contributed by atoms with Gasteiger partial charge in [-0.2, -0.15) is 0 Å². The molecular weight excluding hydrogens is 323 g/mol. The molecule has 0 radical (unpaired) electrons. The molecule has 1 rings (SSSR count). The number of aliphatic hydroxyl groups excluding tert-OH is 3. The number of halogens is 1. The van der Waals surface area contributed by atoms with Gasteiger partial charge in [-0.1, -0.05) is 0 Å². The van der Waals surface area contributed by atoms with Crippen LogP contribution in [0.4, 0.5) is 0 Å². The van der Waals surface area contributed by atoms with Crippen molar-refractivity contribution in [2.45, 2.75) is 12.2 Å². The molecule has 92 valence electrons. The van der Waals surface area contributed by atoms with Crippen molar-refractivity contribution in [3.8, 4) is 0 Å². The first-order valence-corrected chi connectivity index (χ1v) is 3.18. The van der Waals surface area contributed by atoms with Crippen molar-refractivity contribution in [1.82, 2.24) is 12.3 Å². The molecule has 8 nitrogen and oxygen atoms in total. The van der Waals surface area contributed by atoms with Crippen LogP contribution in [0.25, 0.3) is 0 Å². The van der Waals surface area contributed by atoms with Crippen LogP contribution in [0.15, 0.2) is 11.5 Å². The van der Waals surface area contributed by atoms with E-state index in [9.17, 15) is 9.90 Å². The van der Waals surface area contributed by atoms with Gasteiger partial charge in [0.1, 0.15) is 11.9 Å². The average Bonchev–Trinajstić information content (AvgIpc) is 2.32. The quantitative estimate of drug-likeness (QED) is 0.248. The zero-order valence-corrected chi connectivity index (χ0v) is 10.5. The Bertz CT molecular complexity index is 246. The van der Waals surface area contributed by atoms with Crippen molar-refractivity contribution < 1.29 is 53.9 Å². The predicted octanol–water partition coefficient (Wildman–Crippen LogP) is -4.85. The Labute approximate surface area is 103 Å².